The van der Waals surface area contributed by atoms with Gasteiger partial charge in [0, 0.05) is 31.0 Å². The molecule has 0 radical (unpaired) electrons. The van der Waals surface area contributed by atoms with Crippen LogP contribution in [0.25, 0.3) is 5.69 Å². The molecule has 1 aliphatic rings. The maximum absolute atomic E-state index is 13.0. The van der Waals surface area contributed by atoms with Gasteiger partial charge in [0.2, 0.25) is 10.0 Å². The molecule has 2 heterocycles. The highest BCUT2D eigenvalue weighted by Crippen LogP contribution is 2.27. The van der Waals surface area contributed by atoms with Crippen LogP contribution in [-0.4, -0.2) is 41.3 Å². The molecule has 1 amide bonds. The smallest absolute Gasteiger partial charge is 0.255 e. The van der Waals surface area contributed by atoms with Crippen molar-refractivity contribution in [2.45, 2.75) is 25.2 Å². The Morgan fingerprint density at radius 1 is 1.03 bits per heavy atom. The van der Waals surface area contributed by atoms with E-state index in [0.29, 0.717) is 36.2 Å². The lowest BCUT2D eigenvalue weighted by molar-refractivity contribution is 0.102. The lowest BCUT2D eigenvalue weighted by Crippen LogP contribution is -2.42. The number of nitrogens with one attached hydrogen (secondary N) is 1. The van der Waals surface area contributed by atoms with Crippen molar-refractivity contribution in [3.63, 3.8) is 0 Å². The topological polar surface area (TPSA) is 84.3 Å². The first kappa shape index (κ1) is 21.3. The van der Waals surface area contributed by atoms with Crippen molar-refractivity contribution < 1.29 is 13.2 Å². The number of anilines is 1. The Hall–Kier alpha value is -2.97. The second-order valence-electron chi connectivity index (χ2n) is 8.23. The second-order valence-corrected chi connectivity index (χ2v) is 10.2. The first-order valence-corrected chi connectivity index (χ1v) is 11.8. The van der Waals surface area contributed by atoms with Crippen molar-refractivity contribution in [3.8, 4) is 5.69 Å². The van der Waals surface area contributed by atoms with Crippen molar-refractivity contribution in [2.75, 3.05) is 18.4 Å². The van der Waals surface area contributed by atoms with Crippen LogP contribution < -0.4 is 5.32 Å². The number of benzene rings is 2. The van der Waals surface area contributed by atoms with E-state index in [1.165, 1.54) is 12.1 Å². The number of hydrogen-bond donors (Lipinski definition) is 1. The lowest BCUT2D eigenvalue weighted by atomic mass is 9.94. The predicted octanol–water partition coefficient (Wildman–Crippen LogP) is 3.79. The van der Waals surface area contributed by atoms with Crippen LogP contribution in [0.15, 0.2) is 72.1 Å². The molecule has 162 valence electrons. The van der Waals surface area contributed by atoms with E-state index in [9.17, 15) is 13.2 Å². The van der Waals surface area contributed by atoms with E-state index in [4.69, 9.17) is 0 Å². The van der Waals surface area contributed by atoms with Gasteiger partial charge in [-0.2, -0.15) is 4.31 Å². The van der Waals surface area contributed by atoms with Gasteiger partial charge >= 0.3 is 0 Å². The molecule has 1 aliphatic heterocycles. The molecule has 7 nitrogen and oxygen atoms in total. The Labute approximate surface area is 182 Å². The number of amides is 1. The fourth-order valence-corrected chi connectivity index (χ4v) is 5.81. The normalized spacial score (nSPS) is 19.8. The molecule has 0 spiro atoms. The molecule has 4 rings (SSSR count). The third kappa shape index (κ3) is 4.55. The standard InChI is InChI=1S/C23H26N4O3S/c1-17-13-18(2)15-27(14-17)31(29,30)20-9-7-19(8-10-20)23(28)25-21-5-3-4-6-22(21)26-12-11-24-16-26/h3-12,16-18H,13-15H2,1-2H3,(H,25,28). The number of hydrogen-bond acceptors (Lipinski definition) is 4. The molecule has 3 aromatic rings. The summed E-state index contributed by atoms with van der Waals surface area (Å²) in [7, 11) is -3.57. The fraction of sp³-hybridized carbons (Fsp3) is 0.304. The number of para-hydroxylation sites is 2. The van der Waals surface area contributed by atoms with Crippen molar-refractivity contribution >= 4 is 21.6 Å². The molecule has 1 N–H and O–H groups in total. The van der Waals surface area contributed by atoms with Crippen LogP contribution in [0.3, 0.4) is 0 Å². The van der Waals surface area contributed by atoms with Gasteiger partial charge in [-0.1, -0.05) is 26.0 Å². The summed E-state index contributed by atoms with van der Waals surface area (Å²) >= 11 is 0. The first-order valence-electron chi connectivity index (χ1n) is 10.3. The van der Waals surface area contributed by atoms with E-state index >= 15 is 0 Å². The largest absolute Gasteiger partial charge is 0.320 e. The van der Waals surface area contributed by atoms with Crippen molar-refractivity contribution in [3.05, 3.63) is 72.8 Å². The molecule has 1 saturated heterocycles. The SMILES string of the molecule is CC1CC(C)CN(S(=O)(=O)c2ccc(C(=O)Nc3ccccc3-n3ccnc3)cc2)C1. The molecule has 1 aromatic heterocycles. The Balaban J connectivity index is 1.52. The summed E-state index contributed by atoms with van der Waals surface area (Å²) in [6.07, 6.45) is 6.16. The summed E-state index contributed by atoms with van der Waals surface area (Å²) in [6, 6.07) is 13.5. The molecular formula is C23H26N4O3S. The molecular weight excluding hydrogens is 412 g/mol. The lowest BCUT2D eigenvalue weighted by Gasteiger charge is -2.34. The van der Waals surface area contributed by atoms with Crippen LogP contribution in [0.4, 0.5) is 5.69 Å². The number of piperidine rings is 1. The summed E-state index contributed by atoms with van der Waals surface area (Å²) < 4.78 is 29.5. The van der Waals surface area contributed by atoms with Gasteiger partial charge in [0.25, 0.3) is 5.91 Å². The summed E-state index contributed by atoms with van der Waals surface area (Å²) in [6.45, 7) is 5.21. The van der Waals surface area contributed by atoms with Crippen LogP contribution in [0.5, 0.6) is 0 Å². The highest BCUT2D eigenvalue weighted by Gasteiger charge is 2.31. The van der Waals surface area contributed by atoms with Gasteiger partial charge in [0.15, 0.2) is 0 Å². The van der Waals surface area contributed by atoms with Crippen LogP contribution in [-0.2, 0) is 10.0 Å². The molecule has 0 saturated carbocycles. The summed E-state index contributed by atoms with van der Waals surface area (Å²) in [5.41, 5.74) is 1.82. The minimum absolute atomic E-state index is 0.212. The molecule has 1 fully saturated rings. The zero-order valence-electron chi connectivity index (χ0n) is 17.6. The van der Waals surface area contributed by atoms with Crippen LogP contribution in [0.1, 0.15) is 30.6 Å². The maximum atomic E-state index is 13.0. The number of sulfonamides is 1. The molecule has 31 heavy (non-hydrogen) atoms. The molecule has 0 aliphatic carbocycles. The van der Waals surface area contributed by atoms with Crippen LogP contribution in [0, 0.1) is 11.8 Å². The van der Waals surface area contributed by atoms with E-state index in [2.05, 4.69) is 24.1 Å². The average molecular weight is 439 g/mol. The van der Waals surface area contributed by atoms with Crippen molar-refractivity contribution in [1.29, 1.82) is 0 Å². The van der Waals surface area contributed by atoms with Gasteiger partial charge in [-0.05, 0) is 54.7 Å². The Morgan fingerprint density at radius 3 is 2.35 bits per heavy atom. The Kier molecular flexibility index (Phi) is 5.93. The number of nitrogens with zero attached hydrogens (tertiary/aromatic N) is 3. The third-order valence-corrected chi connectivity index (χ3v) is 7.37. The van der Waals surface area contributed by atoms with Gasteiger partial charge in [0.1, 0.15) is 0 Å². The molecule has 0 bridgehead atoms. The van der Waals surface area contributed by atoms with Crippen molar-refractivity contribution in [2.24, 2.45) is 11.8 Å². The van der Waals surface area contributed by atoms with Gasteiger partial charge < -0.3 is 9.88 Å². The number of aromatic nitrogens is 2. The Morgan fingerprint density at radius 2 is 1.71 bits per heavy atom. The maximum Gasteiger partial charge on any atom is 0.255 e. The monoisotopic (exact) mass is 438 g/mol. The number of imidazole rings is 1. The summed E-state index contributed by atoms with van der Waals surface area (Å²) in [5.74, 6) is 0.356. The minimum atomic E-state index is -3.57. The van der Waals surface area contributed by atoms with Gasteiger partial charge in [-0.15, -0.1) is 0 Å². The van der Waals surface area contributed by atoms with E-state index in [1.807, 2.05) is 28.8 Å². The van der Waals surface area contributed by atoms with E-state index in [1.54, 1.807) is 35.2 Å². The average Bonchev–Trinajstić information content (AvgIpc) is 3.28. The number of carbonyl (C=O) groups excluding carboxylic acids is 1. The first-order chi connectivity index (χ1) is 14.8. The zero-order valence-corrected chi connectivity index (χ0v) is 18.4. The van der Waals surface area contributed by atoms with Crippen LogP contribution >= 0.6 is 0 Å². The fourth-order valence-electron chi connectivity index (χ4n) is 4.13. The molecule has 8 heteroatoms. The van der Waals surface area contributed by atoms with Crippen molar-refractivity contribution in [1.82, 2.24) is 13.9 Å². The minimum Gasteiger partial charge on any atom is -0.320 e. The van der Waals surface area contributed by atoms with E-state index in [-0.39, 0.29) is 10.8 Å². The van der Waals surface area contributed by atoms with Gasteiger partial charge in [-0.3, -0.25) is 4.79 Å². The van der Waals surface area contributed by atoms with Crippen LogP contribution in [0.2, 0.25) is 0 Å². The van der Waals surface area contributed by atoms with Gasteiger partial charge in [0.05, 0.1) is 22.6 Å². The summed E-state index contributed by atoms with van der Waals surface area (Å²) in [5, 5.41) is 2.90. The quantitative estimate of drug-likeness (QED) is 0.657. The summed E-state index contributed by atoms with van der Waals surface area (Å²) in [4.78, 5) is 17.0. The molecule has 2 unspecified atom stereocenters. The van der Waals surface area contributed by atoms with E-state index < -0.39 is 10.0 Å². The molecule has 2 atom stereocenters. The zero-order chi connectivity index (χ0) is 22.0. The van der Waals surface area contributed by atoms with E-state index in [0.717, 1.165) is 12.1 Å². The second kappa shape index (κ2) is 8.64. The number of rotatable bonds is 5. The Bertz CT molecular complexity index is 1150. The highest BCUT2D eigenvalue weighted by molar-refractivity contribution is 7.89. The predicted molar refractivity (Wildman–Crippen MR) is 120 cm³/mol. The third-order valence-electron chi connectivity index (χ3n) is 5.52. The molecule has 2 aromatic carbocycles. The highest BCUT2D eigenvalue weighted by atomic mass is 32.2. The number of carbonyl (C=O) groups is 1. The van der Waals surface area contributed by atoms with Gasteiger partial charge in [-0.25, -0.2) is 13.4 Å².